The zero-order valence-corrected chi connectivity index (χ0v) is 7.65. The first-order chi connectivity index (χ1) is 4.83. The molecule has 0 aromatic carbocycles. The smallest absolute Gasteiger partial charge is 0.0618 e. The average Bonchev–Trinajstić information content (AvgIpc) is 1.95. The summed E-state index contributed by atoms with van der Waals surface area (Å²) in [5.41, 5.74) is 0. The van der Waals surface area contributed by atoms with Gasteiger partial charge in [0, 0.05) is 24.2 Å². The zero-order chi connectivity index (χ0) is 7.40. The molecule has 0 saturated carbocycles. The van der Waals surface area contributed by atoms with Gasteiger partial charge in [0.2, 0.25) is 0 Å². The molecule has 1 N–H and O–H groups in total. The molecule has 1 aliphatic rings. The molecule has 58 valence electrons. The molecule has 0 unspecified atom stereocenters. The number of hydrogen-bond acceptors (Lipinski definition) is 2. The van der Waals surface area contributed by atoms with E-state index in [0.717, 1.165) is 19.6 Å². The molecular weight excluding hydrogens is 194 g/mol. The van der Waals surface area contributed by atoms with Crippen molar-refractivity contribution in [1.29, 1.82) is 0 Å². The first-order valence-corrected chi connectivity index (χ1v) is 4.19. The molecule has 0 saturated heterocycles. The second-order valence-corrected chi connectivity index (χ2v) is 3.44. The first kappa shape index (κ1) is 8.24. The normalized spacial score (nSPS) is 26.2. The van der Waals surface area contributed by atoms with Gasteiger partial charge in [-0.25, -0.2) is 0 Å². The summed E-state index contributed by atoms with van der Waals surface area (Å²) in [4.78, 5) is 0. The monoisotopic (exact) mass is 205 g/mol. The summed E-state index contributed by atoms with van der Waals surface area (Å²) < 4.78 is 6.26. The minimum Gasteiger partial charge on any atom is -0.383 e. The Balaban J connectivity index is 2.27. The van der Waals surface area contributed by atoms with Crippen LogP contribution in [0.25, 0.3) is 0 Å². The maximum atomic E-state index is 5.01. The molecule has 1 heterocycles. The first-order valence-electron chi connectivity index (χ1n) is 3.40. The summed E-state index contributed by atoms with van der Waals surface area (Å²) in [6, 6.07) is 0.506. The fourth-order valence-corrected chi connectivity index (χ4v) is 1.34. The van der Waals surface area contributed by atoms with Gasteiger partial charge >= 0.3 is 0 Å². The number of methoxy groups -OCH3 is 1. The Morgan fingerprint density at radius 3 is 3.20 bits per heavy atom. The Morgan fingerprint density at radius 2 is 2.70 bits per heavy atom. The standard InChI is InChI=1S/C7H12BrNO/c1-10-5-7-3-2-6(8)4-9-7/h2,7,9H,3-5H2,1H3/t7-/m1/s1. The Labute approximate surface area is 69.8 Å². The molecule has 2 nitrogen and oxygen atoms in total. The second-order valence-electron chi connectivity index (χ2n) is 2.42. The number of halogens is 1. The van der Waals surface area contributed by atoms with Crippen molar-refractivity contribution in [3.63, 3.8) is 0 Å². The second kappa shape index (κ2) is 4.11. The van der Waals surface area contributed by atoms with Crippen molar-refractivity contribution < 1.29 is 4.74 Å². The number of hydrogen-bond donors (Lipinski definition) is 1. The van der Waals surface area contributed by atoms with Crippen LogP contribution in [0.5, 0.6) is 0 Å². The molecule has 0 aliphatic carbocycles. The van der Waals surface area contributed by atoms with Crippen LogP contribution >= 0.6 is 15.9 Å². The molecule has 0 aromatic heterocycles. The van der Waals surface area contributed by atoms with Crippen molar-refractivity contribution in [1.82, 2.24) is 5.32 Å². The SMILES string of the molecule is COC[C@H]1CC=C(Br)CN1. The topological polar surface area (TPSA) is 21.3 Å². The zero-order valence-electron chi connectivity index (χ0n) is 6.06. The Morgan fingerprint density at radius 1 is 1.90 bits per heavy atom. The third-order valence-corrected chi connectivity index (χ3v) is 2.16. The van der Waals surface area contributed by atoms with Crippen LogP contribution in [0.4, 0.5) is 0 Å². The van der Waals surface area contributed by atoms with Crippen LogP contribution < -0.4 is 5.32 Å². The van der Waals surface area contributed by atoms with Gasteiger partial charge in [0.1, 0.15) is 0 Å². The summed E-state index contributed by atoms with van der Waals surface area (Å²) >= 11 is 3.42. The minimum atomic E-state index is 0.506. The van der Waals surface area contributed by atoms with E-state index >= 15 is 0 Å². The van der Waals surface area contributed by atoms with Crippen molar-refractivity contribution in [2.45, 2.75) is 12.5 Å². The highest BCUT2D eigenvalue weighted by Crippen LogP contribution is 2.11. The Hall–Kier alpha value is 0.140. The van der Waals surface area contributed by atoms with E-state index in [9.17, 15) is 0 Å². The largest absolute Gasteiger partial charge is 0.383 e. The molecule has 0 fully saturated rings. The lowest BCUT2D eigenvalue weighted by atomic mass is 10.1. The van der Waals surface area contributed by atoms with Crippen LogP contribution in [-0.2, 0) is 4.74 Å². The van der Waals surface area contributed by atoms with Crippen LogP contribution in [0.1, 0.15) is 6.42 Å². The lowest BCUT2D eigenvalue weighted by Crippen LogP contribution is -2.36. The van der Waals surface area contributed by atoms with Crippen molar-refractivity contribution in [2.75, 3.05) is 20.3 Å². The average molecular weight is 206 g/mol. The van der Waals surface area contributed by atoms with Crippen molar-refractivity contribution >= 4 is 15.9 Å². The molecule has 0 spiro atoms. The van der Waals surface area contributed by atoms with Gasteiger partial charge in [-0.15, -0.1) is 0 Å². The molecule has 0 aromatic rings. The highest BCUT2D eigenvalue weighted by Gasteiger charge is 2.10. The third-order valence-electron chi connectivity index (χ3n) is 1.55. The van der Waals surface area contributed by atoms with Crippen molar-refractivity contribution in [2.24, 2.45) is 0 Å². The quantitative estimate of drug-likeness (QED) is 0.734. The Kier molecular flexibility index (Phi) is 3.39. The predicted octanol–water partition coefficient (Wildman–Crippen LogP) is 1.27. The van der Waals surface area contributed by atoms with Crippen molar-refractivity contribution in [3.8, 4) is 0 Å². The van der Waals surface area contributed by atoms with E-state index in [-0.39, 0.29) is 0 Å². The minimum absolute atomic E-state index is 0.506. The summed E-state index contributed by atoms with van der Waals surface area (Å²) in [6.45, 7) is 1.74. The van der Waals surface area contributed by atoms with Gasteiger partial charge in [0.15, 0.2) is 0 Å². The van der Waals surface area contributed by atoms with Crippen LogP contribution in [0.2, 0.25) is 0 Å². The lowest BCUT2D eigenvalue weighted by molar-refractivity contribution is 0.167. The number of rotatable bonds is 2. The van der Waals surface area contributed by atoms with Crippen LogP contribution in [0, 0.1) is 0 Å². The van der Waals surface area contributed by atoms with E-state index in [1.54, 1.807) is 7.11 Å². The maximum absolute atomic E-state index is 5.01. The molecule has 3 heteroatoms. The molecular formula is C7H12BrNO. The molecule has 0 bridgehead atoms. The van der Waals surface area contributed by atoms with Gasteiger partial charge in [-0.3, -0.25) is 0 Å². The van der Waals surface area contributed by atoms with E-state index in [2.05, 4.69) is 27.3 Å². The predicted molar refractivity (Wildman–Crippen MR) is 45.3 cm³/mol. The molecule has 10 heavy (non-hydrogen) atoms. The summed E-state index contributed by atoms with van der Waals surface area (Å²) in [5.74, 6) is 0. The molecule has 1 rings (SSSR count). The molecule has 0 radical (unpaired) electrons. The van der Waals surface area contributed by atoms with Crippen molar-refractivity contribution in [3.05, 3.63) is 10.6 Å². The summed E-state index contributed by atoms with van der Waals surface area (Å²) in [5, 5.41) is 3.33. The van der Waals surface area contributed by atoms with Crippen LogP contribution in [0.3, 0.4) is 0 Å². The number of nitrogens with one attached hydrogen (secondary N) is 1. The van der Waals surface area contributed by atoms with Gasteiger partial charge in [-0.05, 0) is 6.42 Å². The molecule has 1 aliphatic heterocycles. The van der Waals surface area contributed by atoms with Crippen LogP contribution in [0.15, 0.2) is 10.6 Å². The highest BCUT2D eigenvalue weighted by atomic mass is 79.9. The number of ether oxygens (including phenoxy) is 1. The van der Waals surface area contributed by atoms with E-state index in [4.69, 9.17) is 4.74 Å². The van der Waals surface area contributed by atoms with Gasteiger partial charge in [0.05, 0.1) is 6.61 Å². The summed E-state index contributed by atoms with van der Waals surface area (Å²) in [6.07, 6.45) is 3.26. The summed E-state index contributed by atoms with van der Waals surface area (Å²) in [7, 11) is 1.73. The van der Waals surface area contributed by atoms with Gasteiger partial charge < -0.3 is 10.1 Å². The van der Waals surface area contributed by atoms with E-state index in [1.807, 2.05) is 0 Å². The Bertz CT molecular complexity index is 136. The van der Waals surface area contributed by atoms with Gasteiger partial charge in [0.25, 0.3) is 0 Å². The fraction of sp³-hybridized carbons (Fsp3) is 0.714. The molecule has 1 atom stereocenters. The van der Waals surface area contributed by atoms with E-state index in [0.29, 0.717) is 6.04 Å². The highest BCUT2D eigenvalue weighted by molar-refractivity contribution is 9.11. The van der Waals surface area contributed by atoms with Gasteiger partial charge in [-0.2, -0.15) is 0 Å². The third kappa shape index (κ3) is 2.40. The van der Waals surface area contributed by atoms with Crippen LogP contribution in [-0.4, -0.2) is 26.3 Å². The maximum Gasteiger partial charge on any atom is 0.0618 e. The van der Waals surface area contributed by atoms with Gasteiger partial charge in [-0.1, -0.05) is 22.0 Å². The van der Waals surface area contributed by atoms with E-state index < -0.39 is 0 Å². The molecule has 0 amide bonds. The van der Waals surface area contributed by atoms with E-state index in [1.165, 1.54) is 4.48 Å². The lowest BCUT2D eigenvalue weighted by Gasteiger charge is -2.20. The fourth-order valence-electron chi connectivity index (χ4n) is 0.996.